The fourth-order valence-electron chi connectivity index (χ4n) is 15.2. The number of ether oxygens (including phenoxy) is 1. The average molecular weight is 1320 g/mol. The van der Waals surface area contributed by atoms with E-state index < -0.39 is 143 Å². The van der Waals surface area contributed by atoms with Crippen LogP contribution < -0.4 is 44.4 Å². The summed E-state index contributed by atoms with van der Waals surface area (Å²) < 4.78 is 31.8. The number of phenols is 1. The topological polar surface area (TPSA) is 484 Å². The number of fused-ring (bicyclic) bond motifs is 7. The predicted molar refractivity (Wildman–Crippen MR) is 324 cm³/mol. The molecule has 1 radical (unpaired) electrons. The monoisotopic (exact) mass is 1320 g/mol. The summed E-state index contributed by atoms with van der Waals surface area (Å²) >= 11 is 0. The molecule has 8 bridgehead atoms. The van der Waals surface area contributed by atoms with Crippen LogP contribution in [0.3, 0.4) is 0 Å². The van der Waals surface area contributed by atoms with Gasteiger partial charge in [0.15, 0.2) is 6.23 Å². The fraction of sp³-hybridized carbons (Fsp3) is 0.617. The van der Waals surface area contributed by atoms with Crippen LogP contribution in [-0.2, 0) is 63.9 Å². The van der Waals surface area contributed by atoms with Gasteiger partial charge in [0.25, 0.3) is 0 Å². The number of carbonyl (C=O) groups is 6. The van der Waals surface area contributed by atoms with E-state index in [9.17, 15) is 58.7 Å². The van der Waals surface area contributed by atoms with Gasteiger partial charge >= 0.3 is 7.82 Å². The van der Waals surface area contributed by atoms with E-state index >= 15 is 0 Å². The van der Waals surface area contributed by atoms with Crippen molar-refractivity contribution in [2.24, 2.45) is 89.0 Å². The Balaban J connectivity index is 0.0000115. The molecule has 6 amide bonds. The first kappa shape index (κ1) is 70.8. The Labute approximate surface area is 531 Å². The first-order valence-electron chi connectivity index (χ1n) is 29.8. The van der Waals surface area contributed by atoms with E-state index in [0.29, 0.717) is 56.4 Å². The number of allylic oxidation sites excluding steroid dienone is 6. The van der Waals surface area contributed by atoms with Crippen LogP contribution in [0.15, 0.2) is 73.8 Å². The zero-order chi connectivity index (χ0) is 65.8. The summed E-state index contributed by atoms with van der Waals surface area (Å²) in [7, 11) is -5.09. The van der Waals surface area contributed by atoms with Gasteiger partial charge in [-0.25, -0.2) is 9.55 Å². The summed E-state index contributed by atoms with van der Waals surface area (Å²) in [4.78, 5) is 113. The van der Waals surface area contributed by atoms with Gasteiger partial charge in [-0.1, -0.05) is 34.6 Å². The molecule has 0 aliphatic carbocycles. The van der Waals surface area contributed by atoms with Crippen LogP contribution in [0, 0.1) is 50.7 Å². The summed E-state index contributed by atoms with van der Waals surface area (Å²) in [6, 6.07) is 3.26. The van der Waals surface area contributed by atoms with Gasteiger partial charge in [-0.15, -0.1) is 0 Å². The van der Waals surface area contributed by atoms with Crippen LogP contribution in [0.2, 0.25) is 0 Å². The number of phenolic OH excluding ortho intramolecular Hbond substituents is 1. The second-order valence-electron chi connectivity index (χ2n) is 26.3. The van der Waals surface area contributed by atoms with Crippen molar-refractivity contribution in [3.8, 4) is 5.75 Å². The van der Waals surface area contributed by atoms with Crippen molar-refractivity contribution >= 4 is 77.3 Å². The summed E-state index contributed by atoms with van der Waals surface area (Å²) in [5.41, 5.74) is 28.8. The number of phosphoric ester groups is 1. The molecule has 2 fully saturated rings. The number of hydrogen-bond acceptors (Lipinski definition) is 20. The van der Waals surface area contributed by atoms with E-state index in [1.54, 1.807) is 6.92 Å². The second kappa shape index (κ2) is 26.5. The van der Waals surface area contributed by atoms with Crippen LogP contribution in [0.5, 0.6) is 5.75 Å². The third-order valence-corrected chi connectivity index (χ3v) is 21.1. The molecule has 8 rings (SSSR count). The SMILES string of the molecule is CC1=C2N=C(C=C3NC(=C(C)C4=N[C@@](C)([C@@H]5N=C1[C@](C)(CCC(=O)NC[C@@H](C)OP(=O)(O)O[C@H]1[C@@H](O)[C@@H](n6cnc7cc(O)ccc76)O[C@@H]1CO)[C@H]5CC(N)=O)[C@@](C)(CC(N)=O)[C@@H]4CCC(N)=O)[C@@](C)(CC(N)=O)[C@@H]3CCC(=N)[O-])C(C)(C)[C@@H]2CCC(N)=O.[Co]. The van der Waals surface area contributed by atoms with Crippen molar-refractivity contribution in [3.05, 3.63) is 58.8 Å². The van der Waals surface area contributed by atoms with Crippen LogP contribution in [-0.4, -0.2) is 137 Å². The van der Waals surface area contributed by atoms with E-state index in [1.165, 1.54) is 36.0 Å². The number of hydrogen-bond donors (Lipinski definition) is 12. The number of aliphatic hydroxyl groups is 2. The molecule has 17 N–H and O–H groups in total. The molecule has 28 nitrogen and oxygen atoms in total. The van der Waals surface area contributed by atoms with Crippen molar-refractivity contribution in [2.45, 2.75) is 175 Å². The summed E-state index contributed by atoms with van der Waals surface area (Å²) in [5.74, 6) is -7.67. The standard InChI is InChI=1S/C60H86N13O15P.Co/c1-28(87-89(84,85)88-51-39(26-74)86-55(50(51)83)73-27-68-37-20-31(75)10-14-38(37)73)25-67-47(82)18-19-57(6)35(21-44(64)79)54-60(9)59(8,24-46(66)81)34(13-17-43(63)78)49(72-60)30(3)53-58(7,23-45(65)80)32(11-15-41(61)76)36(69-53)22-40-56(4,5)33(12-16-42(62)77)48(70-40)29(2)52(57)71-54;/h10,14,20,22,27-28,32-35,39,50-51,54-55,69,74-75,83H,11-13,15-19,21,23-26H2,1-9H3,(H2,61,76)(H2,62,77)(H2,63,78)(H2,64,79)(H2,65,80)(H2,66,81)(H,67,82)(H,84,85);/p-1/t28-,32-,33-,34-,35+,39-,50-,51-,54-,55+,57-,58+,59+,60+;/m1./s1. The van der Waals surface area contributed by atoms with Crippen molar-refractivity contribution < 1.29 is 89.2 Å². The number of primary amides is 5. The van der Waals surface area contributed by atoms with Crippen LogP contribution in [0.25, 0.3) is 11.0 Å². The minimum absolute atomic E-state index is 0. The minimum Gasteiger partial charge on any atom is -0.862 e. The molecule has 1 unspecified atom stereocenters. The van der Waals surface area contributed by atoms with Crippen LogP contribution in [0.4, 0.5) is 0 Å². The van der Waals surface area contributed by atoms with E-state index in [-0.39, 0.29) is 99.7 Å². The molecule has 30 heteroatoms. The summed E-state index contributed by atoms with van der Waals surface area (Å²) in [6.45, 7) is 15.2. The molecule has 15 atom stereocenters. The van der Waals surface area contributed by atoms with Gasteiger partial charge < -0.3 is 79.3 Å². The molecule has 1 aromatic heterocycles. The smallest absolute Gasteiger partial charge is 0.472 e. The van der Waals surface area contributed by atoms with Crippen molar-refractivity contribution in [1.29, 1.82) is 5.41 Å². The molecule has 495 valence electrons. The number of carbonyl (C=O) groups excluding carboxylic acids is 6. The first-order chi connectivity index (χ1) is 41.4. The Morgan fingerprint density at radius 1 is 0.889 bits per heavy atom. The molecule has 90 heavy (non-hydrogen) atoms. The molecular weight excluding hydrogens is 1230 g/mol. The van der Waals surface area contributed by atoms with Gasteiger partial charge in [-0.2, -0.15) is 0 Å². The zero-order valence-corrected chi connectivity index (χ0v) is 54.0. The number of aliphatic hydroxyl groups excluding tert-OH is 2. The van der Waals surface area contributed by atoms with E-state index in [4.69, 9.17) is 62.8 Å². The molecule has 2 aromatic rings. The number of rotatable bonds is 26. The summed E-state index contributed by atoms with van der Waals surface area (Å²) in [6.07, 6.45) is -5.00. The Morgan fingerprint density at radius 3 is 2.12 bits per heavy atom. The van der Waals surface area contributed by atoms with E-state index in [0.717, 1.165) is 0 Å². The van der Waals surface area contributed by atoms with Crippen LogP contribution >= 0.6 is 7.82 Å². The van der Waals surface area contributed by atoms with Crippen molar-refractivity contribution in [3.63, 3.8) is 0 Å². The molecule has 0 spiro atoms. The van der Waals surface area contributed by atoms with Gasteiger partial charge in [-0.3, -0.25) is 52.8 Å². The van der Waals surface area contributed by atoms with Crippen molar-refractivity contribution in [2.75, 3.05) is 13.2 Å². The third kappa shape index (κ3) is 13.5. The number of amides is 6. The molecule has 2 saturated heterocycles. The fourth-order valence-corrected chi connectivity index (χ4v) is 16.3. The largest absolute Gasteiger partial charge is 0.862 e. The number of aromatic nitrogens is 2. The zero-order valence-electron chi connectivity index (χ0n) is 52.0. The molecule has 0 saturated carbocycles. The number of aromatic hydroxyl groups is 1. The molecular formula is C60H85CoN13O15P-. The number of phosphoric acid groups is 1. The maximum atomic E-state index is 14.3. The molecule has 6 aliphatic rings. The quantitative estimate of drug-likeness (QED) is 0.0364. The van der Waals surface area contributed by atoms with Gasteiger partial charge in [0.2, 0.25) is 35.4 Å². The molecule has 1 aromatic carbocycles. The number of benzene rings is 1. The Hall–Kier alpha value is -6.69. The third-order valence-electron chi connectivity index (χ3n) is 19.9. The number of nitrogens with two attached hydrogens (primary N) is 5. The van der Waals surface area contributed by atoms with Gasteiger partial charge in [-0.05, 0) is 95.1 Å². The Morgan fingerprint density at radius 2 is 1.52 bits per heavy atom. The average Bonchev–Trinajstić information content (AvgIpc) is 1.53. The van der Waals surface area contributed by atoms with Crippen molar-refractivity contribution in [1.82, 2.24) is 20.2 Å². The number of imidazole rings is 1. The van der Waals surface area contributed by atoms with Gasteiger partial charge in [0, 0.05) is 147 Å². The van der Waals surface area contributed by atoms with E-state index in [1.807, 2.05) is 54.5 Å². The first-order valence-corrected chi connectivity index (χ1v) is 31.3. The maximum Gasteiger partial charge on any atom is 0.472 e. The molecule has 6 aliphatic heterocycles. The maximum absolute atomic E-state index is 14.3. The Kier molecular flexibility index (Phi) is 20.8. The number of nitrogens with one attached hydrogen (secondary N) is 3. The van der Waals surface area contributed by atoms with Gasteiger partial charge in [0.1, 0.15) is 24.1 Å². The minimum atomic E-state index is -5.09. The Bertz CT molecular complexity index is 3490. The number of nitrogens with zero attached hydrogens (tertiary/aromatic N) is 5. The predicted octanol–water partition coefficient (Wildman–Crippen LogP) is 2.10. The molecule has 7 heterocycles. The van der Waals surface area contributed by atoms with Crippen LogP contribution in [0.1, 0.15) is 139 Å². The summed E-state index contributed by atoms with van der Waals surface area (Å²) in [5, 5.41) is 58.4. The second-order valence-corrected chi connectivity index (χ2v) is 27.6. The van der Waals surface area contributed by atoms with Gasteiger partial charge in [0.05, 0.1) is 41.7 Å². The van der Waals surface area contributed by atoms with E-state index in [2.05, 4.69) is 15.6 Å². The normalized spacial score (nSPS) is 31.9. The number of aliphatic imine (C=N–C) groups is 3.